The fraction of sp³-hybridized carbons (Fsp3) is 0.111. The van der Waals surface area contributed by atoms with Gasteiger partial charge in [0, 0.05) is 17.9 Å². The number of carbonyl (C=O) groups excluding carboxylic acids is 1. The minimum atomic E-state index is -0.306. The van der Waals surface area contributed by atoms with Crippen LogP contribution in [-0.2, 0) is 4.79 Å². The second-order valence-corrected chi connectivity index (χ2v) is 5.59. The molecule has 2 N–H and O–H groups in total. The summed E-state index contributed by atoms with van der Waals surface area (Å²) in [6.07, 6.45) is 0.274. The lowest BCUT2D eigenvalue weighted by molar-refractivity contribution is -0.116. The van der Waals surface area contributed by atoms with Gasteiger partial charge in [0.1, 0.15) is 5.82 Å². The third kappa shape index (κ3) is 2.40. The Bertz CT molecular complexity index is 873. The van der Waals surface area contributed by atoms with Gasteiger partial charge < -0.3 is 5.32 Å². The number of nitrogens with zero attached hydrogens (tertiary/aromatic N) is 1. The molecule has 0 saturated heterocycles. The maximum atomic E-state index is 13.6. The second kappa shape index (κ2) is 5.35. The zero-order valence-electron chi connectivity index (χ0n) is 12.2. The molecule has 0 bridgehead atoms. The largest absolute Gasteiger partial charge is 0.309 e. The van der Waals surface area contributed by atoms with Gasteiger partial charge in [-0.05, 0) is 23.3 Å². The summed E-state index contributed by atoms with van der Waals surface area (Å²) >= 11 is 0. The Hall–Kier alpha value is -2.95. The molecule has 23 heavy (non-hydrogen) atoms. The van der Waals surface area contributed by atoms with Gasteiger partial charge >= 0.3 is 0 Å². The van der Waals surface area contributed by atoms with Crippen LogP contribution in [0.2, 0.25) is 0 Å². The van der Waals surface area contributed by atoms with E-state index in [4.69, 9.17) is 0 Å². The van der Waals surface area contributed by atoms with Gasteiger partial charge in [0.15, 0.2) is 5.82 Å². The molecule has 1 aliphatic heterocycles. The van der Waals surface area contributed by atoms with E-state index < -0.39 is 0 Å². The number of nitrogens with one attached hydrogen (secondary N) is 2. The van der Waals surface area contributed by atoms with E-state index in [1.54, 1.807) is 6.07 Å². The highest BCUT2D eigenvalue weighted by Gasteiger charge is 2.32. The maximum absolute atomic E-state index is 13.6. The summed E-state index contributed by atoms with van der Waals surface area (Å²) in [5, 5.41) is 10.0. The van der Waals surface area contributed by atoms with Crippen LogP contribution in [0.5, 0.6) is 0 Å². The number of fused-ring (bicyclic) bond motifs is 1. The Morgan fingerprint density at radius 1 is 1.09 bits per heavy atom. The average Bonchev–Trinajstić information content (AvgIpc) is 2.98. The monoisotopic (exact) mass is 307 g/mol. The highest BCUT2D eigenvalue weighted by atomic mass is 19.1. The van der Waals surface area contributed by atoms with Gasteiger partial charge in [-0.25, -0.2) is 4.39 Å². The highest BCUT2D eigenvalue weighted by molar-refractivity contribution is 5.96. The van der Waals surface area contributed by atoms with E-state index in [2.05, 4.69) is 15.5 Å². The smallest absolute Gasteiger partial charge is 0.226 e. The van der Waals surface area contributed by atoms with Gasteiger partial charge in [-0.2, -0.15) is 5.10 Å². The minimum Gasteiger partial charge on any atom is -0.309 e. The molecule has 0 unspecified atom stereocenters. The van der Waals surface area contributed by atoms with E-state index in [0.29, 0.717) is 5.82 Å². The molecule has 3 aromatic rings. The van der Waals surface area contributed by atoms with Crippen LogP contribution in [0.25, 0.3) is 11.3 Å². The predicted molar refractivity (Wildman–Crippen MR) is 85.5 cm³/mol. The van der Waals surface area contributed by atoms with Gasteiger partial charge in [0.05, 0.1) is 5.69 Å². The lowest BCUT2D eigenvalue weighted by Crippen LogP contribution is -2.23. The summed E-state index contributed by atoms with van der Waals surface area (Å²) in [6.45, 7) is 0. The Balaban J connectivity index is 1.88. The molecule has 1 aliphatic rings. The van der Waals surface area contributed by atoms with E-state index in [9.17, 15) is 9.18 Å². The van der Waals surface area contributed by atoms with Crippen molar-refractivity contribution in [2.75, 3.05) is 5.32 Å². The third-order valence-corrected chi connectivity index (χ3v) is 4.11. The van der Waals surface area contributed by atoms with E-state index in [0.717, 1.165) is 22.4 Å². The molecule has 0 aliphatic carbocycles. The number of carbonyl (C=O) groups is 1. The first kappa shape index (κ1) is 13.7. The van der Waals surface area contributed by atoms with Crippen LogP contribution in [0.15, 0.2) is 54.6 Å². The number of H-pyrrole nitrogens is 1. The van der Waals surface area contributed by atoms with Gasteiger partial charge in [-0.15, -0.1) is 0 Å². The Morgan fingerprint density at radius 3 is 2.70 bits per heavy atom. The molecular weight excluding hydrogens is 293 g/mol. The molecule has 1 amide bonds. The van der Waals surface area contributed by atoms with Crippen molar-refractivity contribution >= 4 is 11.7 Å². The molecule has 1 aromatic heterocycles. The van der Waals surface area contributed by atoms with Gasteiger partial charge in [-0.1, -0.05) is 42.5 Å². The Morgan fingerprint density at radius 2 is 1.91 bits per heavy atom. The summed E-state index contributed by atoms with van der Waals surface area (Å²) in [4.78, 5) is 12.0. The highest BCUT2D eigenvalue weighted by Crippen LogP contribution is 2.41. The van der Waals surface area contributed by atoms with Crippen LogP contribution in [0.3, 0.4) is 0 Å². The molecule has 1 atom stereocenters. The first-order chi connectivity index (χ1) is 11.2. The number of halogens is 1. The Kier molecular flexibility index (Phi) is 3.19. The van der Waals surface area contributed by atoms with E-state index in [1.807, 2.05) is 36.4 Å². The quantitative estimate of drug-likeness (QED) is 0.758. The van der Waals surface area contributed by atoms with Crippen molar-refractivity contribution in [3.8, 4) is 11.3 Å². The number of benzene rings is 2. The van der Waals surface area contributed by atoms with Crippen LogP contribution in [0.4, 0.5) is 10.2 Å². The summed E-state index contributed by atoms with van der Waals surface area (Å²) in [7, 11) is 0. The minimum absolute atomic E-state index is 0.113. The van der Waals surface area contributed by atoms with E-state index in [-0.39, 0.29) is 24.1 Å². The molecule has 114 valence electrons. The van der Waals surface area contributed by atoms with Crippen LogP contribution >= 0.6 is 0 Å². The maximum Gasteiger partial charge on any atom is 0.226 e. The number of hydrogen-bond donors (Lipinski definition) is 2. The summed E-state index contributed by atoms with van der Waals surface area (Å²) in [5.41, 5.74) is 3.52. The number of aromatic amines is 1. The van der Waals surface area contributed by atoms with Crippen LogP contribution in [0, 0.1) is 5.82 Å². The zero-order valence-corrected chi connectivity index (χ0v) is 12.2. The molecule has 0 fully saturated rings. The molecule has 2 aromatic carbocycles. The van der Waals surface area contributed by atoms with Gasteiger partial charge in [0.25, 0.3) is 0 Å². The molecule has 5 heteroatoms. The van der Waals surface area contributed by atoms with Crippen LogP contribution in [0.1, 0.15) is 23.5 Å². The molecule has 0 radical (unpaired) electrons. The first-order valence-corrected chi connectivity index (χ1v) is 7.41. The Labute approximate surface area is 132 Å². The summed E-state index contributed by atoms with van der Waals surface area (Å²) < 4.78 is 13.6. The first-order valence-electron chi connectivity index (χ1n) is 7.41. The van der Waals surface area contributed by atoms with Crippen LogP contribution in [-0.4, -0.2) is 16.1 Å². The standard InChI is InChI=1S/C18H14FN3O/c19-13-8-4-7-12(9-13)14-10-15(23)20-18-16(14)17(21-22-18)11-5-2-1-3-6-11/h1-9,14H,10H2,(H2,20,21,22,23)/t14-/m0/s1. The predicted octanol–water partition coefficient (Wildman–Crippen LogP) is 3.69. The van der Waals surface area contributed by atoms with Crippen molar-refractivity contribution in [1.29, 1.82) is 0 Å². The fourth-order valence-electron chi connectivity index (χ4n) is 3.09. The number of hydrogen-bond acceptors (Lipinski definition) is 2. The normalized spacial score (nSPS) is 16.7. The van der Waals surface area contributed by atoms with Crippen molar-refractivity contribution in [3.05, 3.63) is 71.5 Å². The molecular formula is C18H14FN3O. The number of anilines is 1. The SMILES string of the molecule is O=C1C[C@@H](c2cccc(F)c2)c2c(n[nH]c2-c2ccccc2)N1. The fourth-order valence-corrected chi connectivity index (χ4v) is 3.09. The topological polar surface area (TPSA) is 57.8 Å². The average molecular weight is 307 g/mol. The molecule has 2 heterocycles. The summed E-state index contributed by atoms with van der Waals surface area (Å²) in [5.74, 6) is -0.115. The van der Waals surface area contributed by atoms with E-state index >= 15 is 0 Å². The van der Waals surface area contributed by atoms with Gasteiger partial charge in [-0.3, -0.25) is 9.89 Å². The van der Waals surface area contributed by atoms with Crippen molar-refractivity contribution in [3.63, 3.8) is 0 Å². The zero-order chi connectivity index (χ0) is 15.8. The van der Waals surface area contributed by atoms with Crippen molar-refractivity contribution < 1.29 is 9.18 Å². The number of rotatable bonds is 2. The second-order valence-electron chi connectivity index (χ2n) is 5.59. The lowest BCUT2D eigenvalue weighted by atomic mass is 9.84. The number of amides is 1. The van der Waals surface area contributed by atoms with Gasteiger partial charge in [0.2, 0.25) is 5.91 Å². The van der Waals surface area contributed by atoms with Crippen molar-refractivity contribution in [1.82, 2.24) is 10.2 Å². The number of aromatic nitrogens is 2. The van der Waals surface area contributed by atoms with Crippen molar-refractivity contribution in [2.45, 2.75) is 12.3 Å². The molecule has 0 spiro atoms. The lowest BCUT2D eigenvalue weighted by Gasteiger charge is -2.23. The van der Waals surface area contributed by atoms with E-state index in [1.165, 1.54) is 12.1 Å². The third-order valence-electron chi connectivity index (χ3n) is 4.11. The van der Waals surface area contributed by atoms with Crippen LogP contribution < -0.4 is 5.32 Å². The molecule has 4 rings (SSSR count). The van der Waals surface area contributed by atoms with Crippen molar-refractivity contribution in [2.24, 2.45) is 0 Å². The summed E-state index contributed by atoms with van der Waals surface area (Å²) in [6, 6.07) is 16.2. The molecule has 0 saturated carbocycles. The molecule has 4 nitrogen and oxygen atoms in total.